The van der Waals surface area contributed by atoms with E-state index in [2.05, 4.69) is 0 Å². The van der Waals surface area contributed by atoms with Gasteiger partial charge in [0.15, 0.2) is 0 Å². The zero-order valence-electron chi connectivity index (χ0n) is 8.48. The number of anilines is 1. The van der Waals surface area contributed by atoms with Crippen molar-refractivity contribution in [2.75, 3.05) is 5.73 Å². The van der Waals surface area contributed by atoms with Crippen LogP contribution < -0.4 is 5.73 Å². The Morgan fingerprint density at radius 1 is 0.706 bits per heavy atom. The lowest BCUT2D eigenvalue weighted by Gasteiger charge is -2.09. The van der Waals surface area contributed by atoms with Crippen molar-refractivity contribution >= 4 is 52.1 Å². The normalized spacial score (nSPS) is 10.6. The van der Waals surface area contributed by atoms with E-state index in [-0.39, 0.29) is 0 Å². The van der Waals surface area contributed by atoms with Gasteiger partial charge in [-0.1, -0.05) is 46.4 Å². The van der Waals surface area contributed by atoms with Crippen molar-refractivity contribution in [3.05, 3.63) is 50.4 Å². The van der Waals surface area contributed by atoms with Gasteiger partial charge in [0, 0.05) is 21.2 Å². The number of benzene rings is 2. The Balaban J connectivity index is 2.68. The molecule has 0 spiro atoms. The molecule has 0 aliphatic rings. The molecule has 0 amide bonds. The van der Waals surface area contributed by atoms with E-state index in [1.54, 1.807) is 30.3 Å². The zero-order chi connectivity index (χ0) is 12.6. The summed E-state index contributed by atoms with van der Waals surface area (Å²) in [5.74, 6) is 0. The van der Waals surface area contributed by atoms with Gasteiger partial charge >= 0.3 is 0 Å². The van der Waals surface area contributed by atoms with Gasteiger partial charge in [0.25, 0.3) is 0 Å². The molecule has 0 aliphatic carbocycles. The summed E-state index contributed by atoms with van der Waals surface area (Å²) in [7, 11) is 0. The summed E-state index contributed by atoms with van der Waals surface area (Å²) in [5.41, 5.74) is 7.52. The van der Waals surface area contributed by atoms with Crippen molar-refractivity contribution in [1.29, 1.82) is 0 Å². The van der Waals surface area contributed by atoms with E-state index < -0.39 is 0 Å². The van der Waals surface area contributed by atoms with Crippen LogP contribution in [-0.4, -0.2) is 0 Å². The molecule has 0 fully saturated rings. The van der Waals surface area contributed by atoms with Crippen LogP contribution in [0.4, 0.5) is 5.69 Å². The van der Waals surface area contributed by atoms with Crippen molar-refractivity contribution < 1.29 is 0 Å². The third kappa shape index (κ3) is 2.63. The maximum absolute atomic E-state index is 6.12. The number of hydrogen-bond acceptors (Lipinski definition) is 1. The SMILES string of the molecule is Nc1cc(Cl)c(-c2cc(Cl)ccc2Cl)cc1Cl. The fourth-order valence-electron chi connectivity index (χ4n) is 1.47. The fourth-order valence-corrected chi connectivity index (χ4v) is 2.30. The van der Waals surface area contributed by atoms with Gasteiger partial charge < -0.3 is 5.73 Å². The lowest BCUT2D eigenvalue weighted by atomic mass is 10.1. The van der Waals surface area contributed by atoms with Gasteiger partial charge in [-0.25, -0.2) is 0 Å². The summed E-state index contributed by atoms with van der Waals surface area (Å²) >= 11 is 24.1. The van der Waals surface area contributed by atoms with Crippen molar-refractivity contribution in [3.63, 3.8) is 0 Å². The molecule has 0 saturated carbocycles. The summed E-state index contributed by atoms with van der Waals surface area (Å²) in [5, 5.41) is 2.04. The van der Waals surface area contributed by atoms with E-state index in [9.17, 15) is 0 Å². The minimum atomic E-state index is 0.429. The zero-order valence-corrected chi connectivity index (χ0v) is 11.5. The molecule has 0 heterocycles. The molecule has 0 aliphatic heterocycles. The average molecular weight is 307 g/mol. The van der Waals surface area contributed by atoms with Crippen LogP contribution in [0.2, 0.25) is 20.1 Å². The smallest absolute Gasteiger partial charge is 0.0642 e. The minimum Gasteiger partial charge on any atom is -0.397 e. The quantitative estimate of drug-likeness (QED) is 0.687. The third-order valence-corrected chi connectivity index (χ3v) is 3.51. The van der Waals surface area contributed by atoms with Gasteiger partial charge in [0.2, 0.25) is 0 Å². The molecule has 2 N–H and O–H groups in total. The Morgan fingerprint density at radius 2 is 1.35 bits per heavy atom. The van der Waals surface area contributed by atoms with Crippen LogP contribution in [0, 0.1) is 0 Å². The molecule has 0 aromatic heterocycles. The number of nitrogens with two attached hydrogens (primary N) is 1. The predicted octanol–water partition coefficient (Wildman–Crippen LogP) is 5.55. The predicted molar refractivity (Wildman–Crippen MR) is 76.3 cm³/mol. The van der Waals surface area contributed by atoms with E-state index in [1.165, 1.54) is 0 Å². The lowest BCUT2D eigenvalue weighted by Crippen LogP contribution is -1.89. The van der Waals surface area contributed by atoms with Gasteiger partial charge in [0.1, 0.15) is 0 Å². The molecule has 0 radical (unpaired) electrons. The second kappa shape index (κ2) is 4.95. The van der Waals surface area contributed by atoms with Crippen LogP contribution in [0.3, 0.4) is 0 Å². The second-order valence-electron chi connectivity index (χ2n) is 3.48. The van der Waals surface area contributed by atoms with Crippen LogP contribution in [0.5, 0.6) is 0 Å². The summed E-state index contributed by atoms with van der Waals surface area (Å²) in [4.78, 5) is 0. The van der Waals surface area contributed by atoms with Crippen molar-refractivity contribution in [3.8, 4) is 11.1 Å². The minimum absolute atomic E-state index is 0.429. The van der Waals surface area contributed by atoms with Gasteiger partial charge in [-0.2, -0.15) is 0 Å². The third-order valence-electron chi connectivity index (χ3n) is 2.30. The average Bonchev–Trinajstić information content (AvgIpc) is 2.27. The molecular formula is C12H7Cl4N. The maximum atomic E-state index is 6.12. The fraction of sp³-hybridized carbons (Fsp3) is 0. The summed E-state index contributed by atoms with van der Waals surface area (Å²) in [6.45, 7) is 0. The van der Waals surface area contributed by atoms with Crippen molar-refractivity contribution in [2.24, 2.45) is 0 Å². The molecule has 2 aromatic carbocycles. The lowest BCUT2D eigenvalue weighted by molar-refractivity contribution is 1.61. The first-order chi connectivity index (χ1) is 7.99. The van der Waals surface area contributed by atoms with E-state index in [4.69, 9.17) is 52.1 Å². The Hall–Kier alpha value is -0.600. The van der Waals surface area contributed by atoms with Gasteiger partial charge in [-0.15, -0.1) is 0 Å². The number of rotatable bonds is 1. The van der Waals surface area contributed by atoms with Crippen LogP contribution in [0.15, 0.2) is 30.3 Å². The van der Waals surface area contributed by atoms with E-state index in [0.29, 0.717) is 31.3 Å². The number of halogens is 4. The Kier molecular flexibility index (Phi) is 3.74. The van der Waals surface area contributed by atoms with Gasteiger partial charge in [0.05, 0.1) is 15.7 Å². The molecule has 0 unspecified atom stereocenters. The summed E-state index contributed by atoms with van der Waals surface area (Å²) in [6.07, 6.45) is 0. The second-order valence-corrected chi connectivity index (χ2v) is 5.14. The topological polar surface area (TPSA) is 26.0 Å². The first-order valence-corrected chi connectivity index (χ1v) is 6.20. The monoisotopic (exact) mass is 305 g/mol. The number of nitrogen functional groups attached to an aromatic ring is 1. The summed E-state index contributed by atoms with van der Waals surface area (Å²) in [6, 6.07) is 8.42. The Bertz CT molecular complexity index is 581. The molecule has 17 heavy (non-hydrogen) atoms. The van der Waals surface area contributed by atoms with Crippen molar-refractivity contribution in [2.45, 2.75) is 0 Å². The summed E-state index contributed by atoms with van der Waals surface area (Å²) < 4.78 is 0. The highest BCUT2D eigenvalue weighted by molar-refractivity contribution is 6.39. The first-order valence-electron chi connectivity index (χ1n) is 4.69. The molecule has 0 atom stereocenters. The van der Waals surface area contributed by atoms with E-state index in [1.807, 2.05) is 0 Å². The highest BCUT2D eigenvalue weighted by Gasteiger charge is 2.11. The van der Waals surface area contributed by atoms with Crippen LogP contribution in [0.25, 0.3) is 11.1 Å². The van der Waals surface area contributed by atoms with E-state index >= 15 is 0 Å². The molecule has 88 valence electrons. The molecule has 1 nitrogen and oxygen atoms in total. The van der Waals surface area contributed by atoms with Crippen molar-refractivity contribution in [1.82, 2.24) is 0 Å². The highest BCUT2D eigenvalue weighted by atomic mass is 35.5. The number of hydrogen-bond donors (Lipinski definition) is 1. The Morgan fingerprint density at radius 3 is 2.06 bits per heavy atom. The van der Waals surface area contributed by atoms with Crippen LogP contribution in [-0.2, 0) is 0 Å². The van der Waals surface area contributed by atoms with E-state index in [0.717, 1.165) is 5.56 Å². The Labute approximate surface area is 119 Å². The highest BCUT2D eigenvalue weighted by Crippen LogP contribution is 2.38. The van der Waals surface area contributed by atoms with Gasteiger partial charge in [-0.05, 0) is 30.3 Å². The molecule has 0 saturated heterocycles. The molecule has 0 bridgehead atoms. The molecule has 5 heteroatoms. The largest absolute Gasteiger partial charge is 0.397 e. The van der Waals surface area contributed by atoms with Crippen LogP contribution in [0.1, 0.15) is 0 Å². The molecule has 2 aromatic rings. The molecule has 2 rings (SSSR count). The molecular weight excluding hydrogens is 300 g/mol. The van der Waals surface area contributed by atoms with Crippen LogP contribution >= 0.6 is 46.4 Å². The first kappa shape index (κ1) is 12.8. The standard InChI is InChI=1S/C12H7Cl4N/c13-6-1-2-9(14)7(3-6)8-4-11(16)12(17)5-10(8)15/h1-5H,17H2. The maximum Gasteiger partial charge on any atom is 0.0642 e. The van der Waals surface area contributed by atoms with Gasteiger partial charge in [-0.3, -0.25) is 0 Å².